The smallest absolute Gasteiger partial charge is 0.0862 e. The number of fused-ring (bicyclic) bond motifs is 1. The van der Waals surface area contributed by atoms with Crippen LogP contribution in [0.1, 0.15) is 18.5 Å². The van der Waals surface area contributed by atoms with Gasteiger partial charge in [-0.1, -0.05) is 18.2 Å². The number of para-hydroxylation sites is 1. The van der Waals surface area contributed by atoms with Crippen LogP contribution in [-0.2, 0) is 18.2 Å². The fourth-order valence-corrected chi connectivity index (χ4v) is 2.84. The number of nitrogens with zero attached hydrogens (tertiary/aromatic N) is 2. The normalized spacial score (nSPS) is 18.7. The molecule has 0 amide bonds. The zero-order chi connectivity index (χ0) is 13.4. The van der Waals surface area contributed by atoms with E-state index in [2.05, 4.69) is 11.2 Å². The van der Waals surface area contributed by atoms with Crippen LogP contribution >= 0.6 is 0 Å². The number of aliphatic hydroxyl groups excluding tert-OH is 1. The summed E-state index contributed by atoms with van der Waals surface area (Å²) in [5.74, 6) is 0.523. The van der Waals surface area contributed by atoms with E-state index in [9.17, 15) is 5.11 Å². The SMILES string of the molecule is COC(C(O)Cc1nn(C)c2ccccc12)C1CC1. The molecule has 0 bridgehead atoms. The molecule has 2 aromatic rings. The Morgan fingerprint density at radius 1 is 1.42 bits per heavy atom. The number of rotatable bonds is 5. The second kappa shape index (κ2) is 4.94. The quantitative estimate of drug-likeness (QED) is 0.893. The van der Waals surface area contributed by atoms with Crippen molar-refractivity contribution in [1.82, 2.24) is 9.78 Å². The van der Waals surface area contributed by atoms with Crippen LogP contribution in [0.3, 0.4) is 0 Å². The minimum absolute atomic E-state index is 0.0548. The highest BCUT2D eigenvalue weighted by Gasteiger charge is 2.36. The van der Waals surface area contributed by atoms with E-state index in [1.165, 1.54) is 12.8 Å². The van der Waals surface area contributed by atoms with Crippen LogP contribution < -0.4 is 0 Å². The summed E-state index contributed by atoms with van der Waals surface area (Å²) >= 11 is 0. The molecule has 0 aliphatic heterocycles. The van der Waals surface area contributed by atoms with E-state index in [0.29, 0.717) is 12.3 Å². The van der Waals surface area contributed by atoms with E-state index >= 15 is 0 Å². The lowest BCUT2D eigenvalue weighted by Gasteiger charge is -2.20. The second-order valence-electron chi connectivity index (χ2n) is 5.40. The Morgan fingerprint density at radius 3 is 2.84 bits per heavy atom. The van der Waals surface area contributed by atoms with E-state index in [4.69, 9.17) is 4.74 Å². The standard InChI is InChI=1S/C15H20N2O2/c1-17-13-6-4-3-5-11(13)12(16-17)9-14(18)15(19-2)10-7-8-10/h3-6,10,14-15,18H,7-9H2,1-2H3. The van der Waals surface area contributed by atoms with Gasteiger partial charge in [-0.3, -0.25) is 4.68 Å². The predicted octanol–water partition coefficient (Wildman–Crippen LogP) is 1.90. The third-order valence-corrected chi connectivity index (χ3v) is 3.97. The summed E-state index contributed by atoms with van der Waals surface area (Å²) in [6, 6.07) is 8.12. The molecule has 1 aromatic heterocycles. The number of aliphatic hydroxyl groups is 1. The molecule has 2 atom stereocenters. The van der Waals surface area contributed by atoms with Crippen molar-refractivity contribution in [2.24, 2.45) is 13.0 Å². The van der Waals surface area contributed by atoms with Crippen LogP contribution in [0.15, 0.2) is 24.3 Å². The number of hydrogen-bond donors (Lipinski definition) is 1. The van der Waals surface area contributed by atoms with Gasteiger partial charge in [-0.25, -0.2) is 0 Å². The van der Waals surface area contributed by atoms with E-state index in [-0.39, 0.29) is 6.10 Å². The third kappa shape index (κ3) is 2.38. The van der Waals surface area contributed by atoms with Gasteiger partial charge in [0.1, 0.15) is 0 Å². The summed E-state index contributed by atoms with van der Waals surface area (Å²) in [5, 5.41) is 16.0. The lowest BCUT2D eigenvalue weighted by atomic mass is 10.0. The molecular formula is C15H20N2O2. The maximum absolute atomic E-state index is 10.4. The van der Waals surface area contributed by atoms with Gasteiger partial charge in [-0.2, -0.15) is 5.10 Å². The molecule has 0 radical (unpaired) electrons. The molecule has 1 aliphatic rings. The van der Waals surface area contributed by atoms with Gasteiger partial charge in [0.2, 0.25) is 0 Å². The number of benzene rings is 1. The van der Waals surface area contributed by atoms with Gasteiger partial charge in [-0.05, 0) is 24.8 Å². The number of hydrogen-bond acceptors (Lipinski definition) is 3. The highest BCUT2D eigenvalue weighted by molar-refractivity contribution is 5.81. The minimum atomic E-state index is -0.476. The molecule has 0 spiro atoms. The molecule has 2 unspecified atom stereocenters. The predicted molar refractivity (Wildman–Crippen MR) is 73.9 cm³/mol. The molecule has 0 saturated heterocycles. The molecule has 4 nitrogen and oxygen atoms in total. The first kappa shape index (κ1) is 12.6. The van der Waals surface area contributed by atoms with Crippen molar-refractivity contribution in [3.8, 4) is 0 Å². The summed E-state index contributed by atoms with van der Waals surface area (Å²) in [7, 11) is 3.62. The van der Waals surface area contributed by atoms with Crippen molar-refractivity contribution < 1.29 is 9.84 Å². The maximum Gasteiger partial charge on any atom is 0.0862 e. The van der Waals surface area contributed by atoms with E-state index in [1.54, 1.807) is 7.11 Å². The van der Waals surface area contributed by atoms with Crippen LogP contribution in [0.2, 0.25) is 0 Å². The largest absolute Gasteiger partial charge is 0.390 e. The molecule has 1 aliphatic carbocycles. The molecule has 102 valence electrons. The first-order valence-electron chi connectivity index (χ1n) is 6.82. The average molecular weight is 260 g/mol. The van der Waals surface area contributed by atoms with Gasteiger partial charge in [0, 0.05) is 26.0 Å². The van der Waals surface area contributed by atoms with Crippen LogP contribution in [0.5, 0.6) is 0 Å². The fraction of sp³-hybridized carbons (Fsp3) is 0.533. The highest BCUT2D eigenvalue weighted by atomic mass is 16.5. The summed E-state index contributed by atoms with van der Waals surface area (Å²) in [5.41, 5.74) is 2.05. The Labute approximate surface area is 113 Å². The van der Waals surface area contributed by atoms with Crippen molar-refractivity contribution in [3.63, 3.8) is 0 Å². The molecule has 4 heteroatoms. The zero-order valence-corrected chi connectivity index (χ0v) is 11.4. The first-order chi connectivity index (χ1) is 9.20. The Bertz CT molecular complexity index is 575. The summed E-state index contributed by atoms with van der Waals surface area (Å²) in [6.45, 7) is 0. The van der Waals surface area contributed by atoms with Crippen molar-refractivity contribution in [2.45, 2.75) is 31.5 Å². The Hall–Kier alpha value is -1.39. The molecule has 1 saturated carbocycles. The minimum Gasteiger partial charge on any atom is -0.390 e. The van der Waals surface area contributed by atoms with Gasteiger partial charge in [0.15, 0.2) is 0 Å². The molecule has 3 rings (SSSR count). The Balaban J connectivity index is 1.84. The van der Waals surface area contributed by atoms with Gasteiger partial charge in [0.25, 0.3) is 0 Å². The number of aromatic nitrogens is 2. The summed E-state index contributed by atoms with van der Waals surface area (Å²) in [4.78, 5) is 0. The van der Waals surface area contributed by atoms with Crippen LogP contribution in [0.4, 0.5) is 0 Å². The zero-order valence-electron chi connectivity index (χ0n) is 11.4. The average Bonchev–Trinajstić information content (AvgIpc) is 3.18. The van der Waals surface area contributed by atoms with Crippen molar-refractivity contribution in [3.05, 3.63) is 30.0 Å². The third-order valence-electron chi connectivity index (χ3n) is 3.97. The lowest BCUT2D eigenvalue weighted by Crippen LogP contribution is -2.32. The number of methoxy groups -OCH3 is 1. The molecule has 1 heterocycles. The fourth-order valence-electron chi connectivity index (χ4n) is 2.84. The van der Waals surface area contributed by atoms with E-state index in [0.717, 1.165) is 16.6 Å². The van der Waals surface area contributed by atoms with Crippen LogP contribution in [0.25, 0.3) is 10.9 Å². The molecular weight excluding hydrogens is 240 g/mol. The second-order valence-corrected chi connectivity index (χ2v) is 5.40. The lowest BCUT2D eigenvalue weighted by molar-refractivity contribution is -0.0240. The molecule has 1 fully saturated rings. The van der Waals surface area contributed by atoms with Crippen molar-refractivity contribution in [1.29, 1.82) is 0 Å². The van der Waals surface area contributed by atoms with Gasteiger partial charge in [-0.15, -0.1) is 0 Å². The van der Waals surface area contributed by atoms with E-state index in [1.807, 2.05) is 29.9 Å². The van der Waals surface area contributed by atoms with Gasteiger partial charge < -0.3 is 9.84 Å². The molecule has 19 heavy (non-hydrogen) atoms. The number of aryl methyl sites for hydroxylation is 1. The van der Waals surface area contributed by atoms with Crippen LogP contribution in [-0.4, -0.2) is 34.2 Å². The number of ether oxygens (including phenoxy) is 1. The summed E-state index contributed by atoms with van der Waals surface area (Å²) in [6.07, 6.45) is 2.35. The van der Waals surface area contributed by atoms with Crippen molar-refractivity contribution in [2.75, 3.05) is 7.11 Å². The van der Waals surface area contributed by atoms with Crippen LogP contribution in [0, 0.1) is 5.92 Å². The van der Waals surface area contributed by atoms with Crippen molar-refractivity contribution >= 4 is 10.9 Å². The first-order valence-corrected chi connectivity index (χ1v) is 6.82. The highest BCUT2D eigenvalue weighted by Crippen LogP contribution is 2.36. The monoisotopic (exact) mass is 260 g/mol. The molecule has 1 N–H and O–H groups in total. The Morgan fingerprint density at radius 2 is 2.16 bits per heavy atom. The Kier molecular flexibility index (Phi) is 3.29. The maximum atomic E-state index is 10.4. The molecule has 1 aromatic carbocycles. The van der Waals surface area contributed by atoms with E-state index < -0.39 is 6.10 Å². The summed E-state index contributed by atoms with van der Waals surface area (Å²) < 4.78 is 7.31. The van der Waals surface area contributed by atoms with Gasteiger partial charge in [0.05, 0.1) is 23.4 Å². The topological polar surface area (TPSA) is 47.3 Å². The van der Waals surface area contributed by atoms with Gasteiger partial charge >= 0.3 is 0 Å².